The monoisotopic (exact) mass is 702 g/mol. The first-order valence-corrected chi connectivity index (χ1v) is 15.8. The van der Waals surface area contributed by atoms with E-state index in [0.717, 1.165) is 0 Å². The Balaban J connectivity index is 5.38. The summed E-state index contributed by atoms with van der Waals surface area (Å²) < 4.78 is 0. The summed E-state index contributed by atoms with van der Waals surface area (Å²) in [6.45, 7) is 8.17. The molecule has 0 aromatic carbocycles. The lowest BCUT2D eigenvalue weighted by Crippen LogP contribution is -2.59. The van der Waals surface area contributed by atoms with Gasteiger partial charge in [-0.05, 0) is 44.9 Å². The fourth-order valence-electron chi connectivity index (χ4n) is 4.14. The van der Waals surface area contributed by atoms with Gasteiger partial charge in [-0.1, -0.05) is 27.7 Å². The number of nitrogens with two attached hydrogens (primary N) is 3. The maximum absolute atomic E-state index is 13.3. The molecule has 0 spiro atoms. The molecule has 0 radical (unpaired) electrons. The molecule has 20 nitrogen and oxygen atoms in total. The summed E-state index contributed by atoms with van der Waals surface area (Å²) in [5.41, 5.74) is 16.0. The molecule has 0 rings (SSSR count). The number of aliphatic imine (C=N–C) groups is 1. The lowest BCUT2D eigenvalue weighted by Gasteiger charge is -2.28. The van der Waals surface area contributed by atoms with Gasteiger partial charge in [-0.15, -0.1) is 0 Å². The number of aliphatic carboxylic acids is 1. The number of guanidine groups is 1. The van der Waals surface area contributed by atoms with E-state index < -0.39 is 103 Å². The molecule has 0 saturated heterocycles. The maximum atomic E-state index is 13.3. The van der Waals surface area contributed by atoms with Gasteiger partial charge in [0.15, 0.2) is 5.96 Å². The Morgan fingerprint density at radius 3 is 1.80 bits per heavy atom. The van der Waals surface area contributed by atoms with Crippen molar-refractivity contribution in [3.8, 4) is 0 Å². The van der Waals surface area contributed by atoms with E-state index in [1.165, 1.54) is 13.8 Å². The summed E-state index contributed by atoms with van der Waals surface area (Å²) in [5.74, 6) is -6.88. The molecule has 0 aliphatic rings. The molecule has 7 atom stereocenters. The van der Waals surface area contributed by atoms with Crippen molar-refractivity contribution in [3.63, 3.8) is 0 Å². The first kappa shape index (κ1) is 44.4. The number of nitrogens with one attached hydrogen (secondary N) is 6. The third-order valence-corrected chi connectivity index (χ3v) is 6.98. The molecule has 0 saturated carbocycles. The molecule has 15 N–H and O–H groups in total. The third kappa shape index (κ3) is 17.4. The van der Waals surface area contributed by atoms with Crippen LogP contribution in [0.25, 0.3) is 0 Å². The molecular formula is C29H54N10O10. The number of hydrogen-bond acceptors (Lipinski definition) is 11. The van der Waals surface area contributed by atoms with Gasteiger partial charge in [-0.2, -0.15) is 0 Å². The lowest BCUT2D eigenvalue weighted by atomic mass is 9.99. The molecule has 280 valence electrons. The number of carbonyl (C=O) groups is 7. The second-order valence-corrected chi connectivity index (χ2v) is 12.3. The van der Waals surface area contributed by atoms with Crippen molar-refractivity contribution >= 4 is 47.4 Å². The molecule has 49 heavy (non-hydrogen) atoms. The Bertz CT molecular complexity index is 1180. The number of carboxylic acids is 1. The summed E-state index contributed by atoms with van der Waals surface area (Å²) in [7, 11) is 0. The van der Waals surface area contributed by atoms with Crippen LogP contribution in [-0.4, -0.2) is 125 Å². The molecule has 0 heterocycles. The molecule has 0 bridgehead atoms. The maximum Gasteiger partial charge on any atom is 0.326 e. The molecule has 0 fully saturated rings. The van der Waals surface area contributed by atoms with Crippen molar-refractivity contribution in [1.29, 1.82) is 0 Å². The average Bonchev–Trinajstić information content (AvgIpc) is 3.00. The van der Waals surface area contributed by atoms with Crippen LogP contribution in [0.3, 0.4) is 0 Å². The predicted molar refractivity (Wildman–Crippen MR) is 177 cm³/mol. The van der Waals surface area contributed by atoms with Gasteiger partial charge in [-0.3, -0.25) is 33.8 Å². The van der Waals surface area contributed by atoms with Gasteiger partial charge in [0.1, 0.15) is 36.3 Å². The van der Waals surface area contributed by atoms with Crippen LogP contribution in [0.4, 0.5) is 0 Å². The normalized spacial score (nSPS) is 15.3. The minimum atomic E-state index is -1.47. The van der Waals surface area contributed by atoms with Crippen LogP contribution in [0.1, 0.15) is 60.8 Å². The minimum Gasteiger partial charge on any atom is -0.480 e. The highest BCUT2D eigenvalue weighted by molar-refractivity contribution is 5.96. The van der Waals surface area contributed by atoms with Gasteiger partial charge in [0.05, 0.1) is 19.3 Å². The van der Waals surface area contributed by atoms with E-state index in [9.17, 15) is 48.9 Å². The Kier molecular flexibility index (Phi) is 20.1. The van der Waals surface area contributed by atoms with E-state index in [4.69, 9.17) is 17.2 Å². The number of carbonyl (C=O) groups excluding carboxylic acids is 6. The molecule has 0 aromatic heterocycles. The molecule has 0 aliphatic heterocycles. The zero-order valence-electron chi connectivity index (χ0n) is 28.8. The summed E-state index contributed by atoms with van der Waals surface area (Å²) >= 11 is 0. The molecule has 0 unspecified atom stereocenters. The van der Waals surface area contributed by atoms with Crippen molar-refractivity contribution in [2.75, 3.05) is 19.7 Å². The fraction of sp³-hybridized carbons (Fsp3) is 0.724. The second kappa shape index (κ2) is 22.1. The standard InChI is InChI=1S/C29H54N10O10/c1-13(2)10-18(25(45)39-22(14(3)4)27(47)36-17(28(48)49)8-7-9-33-29(31)32)37-23(43)15(5)35-20(42)11-34-24(44)19(12-40)38-26(46)21(30)16(6)41/h13-19,21-22,40-41H,7-12,30H2,1-6H3,(H,34,44)(H,35,42)(H,36,47)(H,37,43)(H,38,46)(H,39,45)(H,48,49)(H4,31,32,33)/t15-,16+,17-,18-,19-,21-,22-/m0/s1. The lowest BCUT2D eigenvalue weighted by molar-refractivity contribution is -0.142. The van der Waals surface area contributed by atoms with Crippen molar-refractivity contribution in [1.82, 2.24) is 31.9 Å². The Morgan fingerprint density at radius 2 is 1.31 bits per heavy atom. The molecular weight excluding hydrogens is 648 g/mol. The molecule has 20 heteroatoms. The first-order chi connectivity index (χ1) is 22.7. The summed E-state index contributed by atoms with van der Waals surface area (Å²) in [4.78, 5) is 91.7. The zero-order valence-corrected chi connectivity index (χ0v) is 28.8. The van der Waals surface area contributed by atoms with Crippen molar-refractivity contribution in [2.45, 2.75) is 103 Å². The van der Waals surface area contributed by atoms with Gasteiger partial charge >= 0.3 is 5.97 Å². The van der Waals surface area contributed by atoms with Crippen molar-refractivity contribution in [2.24, 2.45) is 34.0 Å². The van der Waals surface area contributed by atoms with E-state index >= 15 is 0 Å². The van der Waals surface area contributed by atoms with Crippen LogP contribution in [0, 0.1) is 11.8 Å². The number of aliphatic hydroxyl groups is 2. The van der Waals surface area contributed by atoms with E-state index in [-0.39, 0.29) is 37.7 Å². The Labute approximate surface area is 285 Å². The third-order valence-electron chi connectivity index (χ3n) is 6.98. The fourth-order valence-corrected chi connectivity index (χ4v) is 4.14. The molecule has 6 amide bonds. The molecule has 0 aliphatic carbocycles. The molecule has 0 aromatic rings. The van der Waals surface area contributed by atoms with Crippen molar-refractivity contribution in [3.05, 3.63) is 0 Å². The van der Waals surface area contributed by atoms with Crippen LogP contribution >= 0.6 is 0 Å². The highest BCUT2D eigenvalue weighted by Crippen LogP contribution is 2.09. The number of rotatable bonds is 22. The largest absolute Gasteiger partial charge is 0.480 e. The number of hydrogen-bond donors (Lipinski definition) is 12. The number of aliphatic hydroxyl groups excluding tert-OH is 2. The SMILES string of the molecule is CC(C)C[C@H](NC(=O)[C@H](C)NC(=O)CNC(=O)[C@H](CO)NC(=O)[C@@H](N)[C@@H](C)O)C(=O)N[C@H](C(=O)N[C@@H](CCCN=C(N)N)C(=O)O)C(C)C. The Morgan fingerprint density at radius 1 is 0.735 bits per heavy atom. The topological polar surface area (TPSA) is 343 Å². The van der Waals surface area contributed by atoms with E-state index in [2.05, 4.69) is 36.9 Å². The van der Waals surface area contributed by atoms with Crippen LogP contribution in [0.5, 0.6) is 0 Å². The summed E-state index contributed by atoms with van der Waals surface area (Å²) in [6.07, 6.45) is -0.790. The van der Waals surface area contributed by atoms with E-state index in [1.54, 1.807) is 27.7 Å². The van der Waals surface area contributed by atoms with Gasteiger partial charge < -0.3 is 64.4 Å². The smallest absolute Gasteiger partial charge is 0.326 e. The average molecular weight is 703 g/mol. The van der Waals surface area contributed by atoms with Gasteiger partial charge in [-0.25, -0.2) is 4.79 Å². The van der Waals surface area contributed by atoms with E-state index in [0.29, 0.717) is 0 Å². The minimum absolute atomic E-state index is 0.0210. The second-order valence-electron chi connectivity index (χ2n) is 12.3. The quantitative estimate of drug-likeness (QED) is 0.0286. The van der Waals surface area contributed by atoms with Crippen molar-refractivity contribution < 1.29 is 48.9 Å². The van der Waals surface area contributed by atoms with E-state index in [1.807, 2.05) is 0 Å². The highest BCUT2D eigenvalue weighted by atomic mass is 16.4. The van der Waals surface area contributed by atoms with Crippen LogP contribution in [0.2, 0.25) is 0 Å². The van der Waals surface area contributed by atoms with Gasteiger partial charge in [0.25, 0.3) is 0 Å². The van der Waals surface area contributed by atoms with Crippen LogP contribution < -0.4 is 49.1 Å². The summed E-state index contributed by atoms with van der Waals surface area (Å²) in [5, 5.41) is 42.7. The zero-order chi connectivity index (χ0) is 38.0. The van der Waals surface area contributed by atoms with Crippen LogP contribution in [0.15, 0.2) is 4.99 Å². The highest BCUT2D eigenvalue weighted by Gasteiger charge is 2.32. The number of nitrogens with zero attached hydrogens (tertiary/aromatic N) is 1. The van der Waals surface area contributed by atoms with Gasteiger partial charge in [0.2, 0.25) is 35.4 Å². The Hall–Kier alpha value is -4.56. The van der Waals surface area contributed by atoms with Crippen LogP contribution in [-0.2, 0) is 33.6 Å². The summed E-state index contributed by atoms with van der Waals surface area (Å²) in [6, 6.07) is -7.59. The first-order valence-electron chi connectivity index (χ1n) is 15.8. The number of carboxylic acid groups (broad SMARTS) is 1. The van der Waals surface area contributed by atoms with Gasteiger partial charge in [0, 0.05) is 6.54 Å². The predicted octanol–water partition coefficient (Wildman–Crippen LogP) is -4.91. The number of amides is 6.